The summed E-state index contributed by atoms with van der Waals surface area (Å²) in [5.41, 5.74) is 0. The number of nitrogens with one attached hydrogen (secondary N) is 1. The minimum absolute atomic E-state index is 0.243. The molecule has 0 aliphatic rings. The van der Waals surface area contributed by atoms with E-state index in [0.29, 0.717) is 0 Å². The molecule has 0 radical (unpaired) electrons. The fourth-order valence-electron chi connectivity index (χ4n) is 1.37. The number of amides is 1. The van der Waals surface area contributed by atoms with Gasteiger partial charge in [-0.05, 0) is 18.1 Å². The molecule has 0 aliphatic carbocycles. The van der Waals surface area contributed by atoms with E-state index in [2.05, 4.69) is 5.32 Å². The topological polar surface area (TPSA) is 114 Å². The lowest BCUT2D eigenvalue weighted by atomic mass is 10.0. The van der Waals surface area contributed by atoms with Crippen molar-refractivity contribution in [3.63, 3.8) is 0 Å². The van der Waals surface area contributed by atoms with Gasteiger partial charge in [0.1, 0.15) is 6.04 Å². The number of carboxylic acids is 1. The third kappa shape index (κ3) is 3.82. The van der Waals surface area contributed by atoms with Crippen LogP contribution in [0.2, 0.25) is 0 Å². The highest BCUT2D eigenvalue weighted by Gasteiger charge is 2.26. The van der Waals surface area contributed by atoms with E-state index in [0.717, 1.165) is 12.3 Å². The minimum atomic E-state index is -3.54. The van der Waals surface area contributed by atoms with Gasteiger partial charge in [-0.3, -0.25) is 4.79 Å². The first-order valence-electron chi connectivity index (χ1n) is 5.46. The van der Waals surface area contributed by atoms with Crippen LogP contribution in [0.4, 0.5) is 0 Å². The Kier molecular flexibility index (Phi) is 4.35. The van der Waals surface area contributed by atoms with Crippen LogP contribution in [-0.4, -0.2) is 37.7 Å². The Labute approximate surface area is 110 Å². The molecule has 7 nitrogen and oxygen atoms in total. The lowest BCUT2D eigenvalue weighted by molar-refractivity contribution is -0.140. The largest absolute Gasteiger partial charge is 0.480 e. The molecular formula is C11H15NO6S. The predicted octanol–water partition coefficient (Wildman–Crippen LogP) is 0.522. The quantitative estimate of drug-likeness (QED) is 0.817. The number of aliphatic carboxylic acids is 1. The molecule has 0 spiro atoms. The van der Waals surface area contributed by atoms with Gasteiger partial charge in [0.05, 0.1) is 0 Å². The Balaban J connectivity index is 2.90. The van der Waals surface area contributed by atoms with Crippen LogP contribution in [0.25, 0.3) is 0 Å². The van der Waals surface area contributed by atoms with E-state index in [9.17, 15) is 18.0 Å². The molecular weight excluding hydrogens is 274 g/mol. The second-order valence-corrected chi connectivity index (χ2v) is 6.37. The number of furan rings is 1. The van der Waals surface area contributed by atoms with Gasteiger partial charge in [0.2, 0.25) is 14.9 Å². The van der Waals surface area contributed by atoms with E-state index in [1.807, 2.05) is 0 Å². The summed E-state index contributed by atoms with van der Waals surface area (Å²) in [6.45, 7) is 3.28. The second kappa shape index (κ2) is 5.43. The van der Waals surface area contributed by atoms with Gasteiger partial charge in [-0.2, -0.15) is 0 Å². The normalized spacial score (nSPS) is 13.3. The maximum absolute atomic E-state index is 11.7. The van der Waals surface area contributed by atoms with Crippen LogP contribution >= 0.6 is 0 Å². The minimum Gasteiger partial charge on any atom is -0.480 e. The fourth-order valence-corrected chi connectivity index (χ4v) is 1.92. The van der Waals surface area contributed by atoms with Gasteiger partial charge in [-0.1, -0.05) is 13.8 Å². The van der Waals surface area contributed by atoms with E-state index in [4.69, 9.17) is 9.52 Å². The number of sulfone groups is 1. The van der Waals surface area contributed by atoms with Crippen LogP contribution in [0.15, 0.2) is 21.6 Å². The summed E-state index contributed by atoms with van der Waals surface area (Å²) in [4.78, 5) is 22.7. The average Bonchev–Trinajstić information content (AvgIpc) is 2.73. The van der Waals surface area contributed by atoms with Crippen molar-refractivity contribution in [1.82, 2.24) is 5.32 Å². The summed E-state index contributed by atoms with van der Waals surface area (Å²) in [6.07, 6.45) is 0.946. The zero-order valence-electron chi connectivity index (χ0n) is 10.7. The highest BCUT2D eigenvalue weighted by molar-refractivity contribution is 7.90. The summed E-state index contributed by atoms with van der Waals surface area (Å²) in [5.74, 6) is -2.49. The molecule has 1 atom stereocenters. The molecule has 106 valence electrons. The Morgan fingerprint density at radius 1 is 1.32 bits per heavy atom. The molecule has 0 saturated carbocycles. The van der Waals surface area contributed by atoms with Crippen molar-refractivity contribution in [2.45, 2.75) is 25.0 Å². The first-order chi connectivity index (χ1) is 8.62. The first kappa shape index (κ1) is 15.2. The third-order valence-corrected chi connectivity index (χ3v) is 3.34. The third-order valence-electron chi connectivity index (χ3n) is 2.39. The summed E-state index contributed by atoms with van der Waals surface area (Å²) >= 11 is 0. The smallest absolute Gasteiger partial charge is 0.326 e. The maximum atomic E-state index is 11.7. The summed E-state index contributed by atoms with van der Waals surface area (Å²) in [6, 6.07) is 1.26. The van der Waals surface area contributed by atoms with E-state index in [1.165, 1.54) is 6.07 Å². The number of carbonyl (C=O) groups is 2. The van der Waals surface area contributed by atoms with Crippen molar-refractivity contribution in [1.29, 1.82) is 0 Å². The van der Waals surface area contributed by atoms with Gasteiger partial charge in [-0.15, -0.1) is 0 Å². The molecule has 0 saturated heterocycles. The van der Waals surface area contributed by atoms with Gasteiger partial charge in [0.15, 0.2) is 5.76 Å². The van der Waals surface area contributed by atoms with Crippen molar-refractivity contribution < 1.29 is 27.5 Å². The summed E-state index contributed by atoms with van der Waals surface area (Å²) in [5, 5.41) is 10.9. The number of carbonyl (C=O) groups excluding carboxylic acids is 1. The standard InChI is InChI=1S/C11H15NO6S/c1-6(2)9(11(14)15)12-10(13)7-4-5-8(18-7)19(3,16)17/h4-6,9H,1-3H3,(H,12,13)(H,14,15). The fraction of sp³-hybridized carbons (Fsp3) is 0.455. The molecule has 1 amide bonds. The summed E-state index contributed by atoms with van der Waals surface area (Å²) < 4.78 is 27.3. The molecule has 2 N–H and O–H groups in total. The van der Waals surface area contributed by atoms with Crippen molar-refractivity contribution in [3.8, 4) is 0 Å². The molecule has 1 heterocycles. The zero-order valence-corrected chi connectivity index (χ0v) is 11.5. The summed E-state index contributed by atoms with van der Waals surface area (Å²) in [7, 11) is -3.54. The van der Waals surface area contributed by atoms with Crippen molar-refractivity contribution in [2.24, 2.45) is 5.92 Å². The number of hydrogen-bond donors (Lipinski definition) is 2. The number of hydrogen-bond acceptors (Lipinski definition) is 5. The second-order valence-electron chi connectivity index (χ2n) is 4.42. The van der Waals surface area contributed by atoms with Crippen LogP contribution in [0.3, 0.4) is 0 Å². The number of rotatable bonds is 5. The lowest BCUT2D eigenvalue weighted by Crippen LogP contribution is -2.44. The van der Waals surface area contributed by atoms with Crippen LogP contribution < -0.4 is 5.32 Å². The Bertz CT molecular complexity index is 586. The van der Waals surface area contributed by atoms with Crippen molar-refractivity contribution in [3.05, 3.63) is 17.9 Å². The van der Waals surface area contributed by atoms with Crippen LogP contribution in [0, 0.1) is 5.92 Å². The highest BCUT2D eigenvalue weighted by Crippen LogP contribution is 2.14. The molecule has 1 unspecified atom stereocenters. The molecule has 19 heavy (non-hydrogen) atoms. The molecule has 0 bridgehead atoms. The molecule has 0 aromatic carbocycles. The van der Waals surface area contributed by atoms with Gasteiger partial charge in [0.25, 0.3) is 5.91 Å². The molecule has 1 aromatic rings. The Morgan fingerprint density at radius 3 is 2.26 bits per heavy atom. The van der Waals surface area contributed by atoms with E-state index in [1.54, 1.807) is 13.8 Å². The van der Waals surface area contributed by atoms with Crippen LogP contribution in [0.5, 0.6) is 0 Å². The van der Waals surface area contributed by atoms with Gasteiger partial charge in [-0.25, -0.2) is 13.2 Å². The van der Waals surface area contributed by atoms with E-state index < -0.39 is 27.8 Å². The van der Waals surface area contributed by atoms with E-state index >= 15 is 0 Å². The molecule has 1 rings (SSSR count). The number of carboxylic acid groups (broad SMARTS) is 1. The Hall–Kier alpha value is -1.83. The SMILES string of the molecule is CC(C)C(NC(=O)c1ccc(S(C)(=O)=O)o1)C(=O)O. The van der Waals surface area contributed by atoms with Gasteiger partial charge >= 0.3 is 5.97 Å². The monoisotopic (exact) mass is 289 g/mol. The lowest BCUT2D eigenvalue weighted by Gasteiger charge is -2.16. The Morgan fingerprint density at radius 2 is 1.89 bits per heavy atom. The van der Waals surface area contributed by atoms with Gasteiger partial charge < -0.3 is 14.8 Å². The van der Waals surface area contributed by atoms with Crippen LogP contribution in [-0.2, 0) is 14.6 Å². The molecule has 1 aromatic heterocycles. The molecule has 8 heteroatoms. The zero-order chi connectivity index (χ0) is 14.8. The predicted molar refractivity (Wildman–Crippen MR) is 65.5 cm³/mol. The average molecular weight is 289 g/mol. The van der Waals surface area contributed by atoms with E-state index in [-0.39, 0.29) is 16.8 Å². The molecule has 0 aliphatic heterocycles. The highest BCUT2D eigenvalue weighted by atomic mass is 32.2. The van der Waals surface area contributed by atoms with Gasteiger partial charge in [0, 0.05) is 6.26 Å². The van der Waals surface area contributed by atoms with Crippen LogP contribution in [0.1, 0.15) is 24.4 Å². The first-order valence-corrected chi connectivity index (χ1v) is 7.35. The maximum Gasteiger partial charge on any atom is 0.326 e. The van der Waals surface area contributed by atoms with Crippen molar-refractivity contribution >= 4 is 21.7 Å². The molecule has 0 fully saturated rings. The van der Waals surface area contributed by atoms with Crippen molar-refractivity contribution in [2.75, 3.05) is 6.26 Å².